The number of aryl methyl sites for hydroxylation is 1. The molecule has 0 bridgehead atoms. The second-order valence-corrected chi connectivity index (χ2v) is 2.82. The van der Waals surface area contributed by atoms with E-state index < -0.39 is 0 Å². The third-order valence-corrected chi connectivity index (χ3v) is 2.06. The number of halogens is 1. The molecule has 0 amide bonds. The molecule has 0 aliphatic carbocycles. The first-order valence-corrected chi connectivity index (χ1v) is 3.72. The van der Waals surface area contributed by atoms with Gasteiger partial charge < -0.3 is 4.57 Å². The Kier molecular flexibility index (Phi) is 1.36. The van der Waals surface area contributed by atoms with Crippen LogP contribution < -0.4 is 0 Å². The van der Waals surface area contributed by atoms with Crippen molar-refractivity contribution in [3.63, 3.8) is 0 Å². The zero-order chi connectivity index (χ0) is 7.84. The largest absolute Gasteiger partial charge is 0.350 e. The Balaban J connectivity index is 2.94. The van der Waals surface area contributed by atoms with E-state index in [2.05, 4.69) is 4.98 Å². The molecule has 0 atom stereocenters. The van der Waals surface area contributed by atoms with Crippen molar-refractivity contribution in [3.05, 3.63) is 29.7 Å². The molecule has 0 aliphatic heterocycles. The van der Waals surface area contributed by atoms with Crippen LogP contribution in [0.3, 0.4) is 0 Å². The normalized spacial score (nSPS) is 10.7. The van der Waals surface area contributed by atoms with Crippen LogP contribution >= 0.6 is 11.6 Å². The van der Waals surface area contributed by atoms with Gasteiger partial charge in [0.2, 0.25) is 0 Å². The van der Waals surface area contributed by atoms with E-state index in [0.717, 1.165) is 10.9 Å². The van der Waals surface area contributed by atoms with Crippen LogP contribution in [0.4, 0.5) is 0 Å². The molecule has 0 saturated carbocycles. The Bertz CT molecular complexity index is 392. The molecule has 0 spiro atoms. The highest BCUT2D eigenvalue weighted by atomic mass is 35.5. The van der Waals surface area contributed by atoms with E-state index in [1.165, 1.54) is 0 Å². The van der Waals surface area contributed by atoms with Gasteiger partial charge in [-0.3, -0.25) is 0 Å². The summed E-state index contributed by atoms with van der Waals surface area (Å²) < 4.78 is 2.02. The molecule has 2 heterocycles. The van der Waals surface area contributed by atoms with Gasteiger partial charge in [0, 0.05) is 24.8 Å². The van der Waals surface area contributed by atoms with Crippen LogP contribution in [-0.4, -0.2) is 9.55 Å². The van der Waals surface area contributed by atoms with Gasteiger partial charge in [0.1, 0.15) is 5.15 Å². The molecule has 56 valence electrons. The van der Waals surface area contributed by atoms with E-state index >= 15 is 0 Å². The first kappa shape index (κ1) is 6.68. The molecular formula is C8H7ClN2. The quantitative estimate of drug-likeness (QED) is 0.549. The highest BCUT2D eigenvalue weighted by molar-refractivity contribution is 6.34. The molecule has 11 heavy (non-hydrogen) atoms. The Labute approximate surface area is 69.4 Å². The number of fused-ring (bicyclic) bond motifs is 1. The number of hydrogen-bond acceptors (Lipinski definition) is 1. The van der Waals surface area contributed by atoms with Gasteiger partial charge in [0.05, 0.1) is 5.52 Å². The Morgan fingerprint density at radius 3 is 3.00 bits per heavy atom. The van der Waals surface area contributed by atoms with Gasteiger partial charge in [0.25, 0.3) is 0 Å². The molecule has 3 heteroatoms. The number of aromatic nitrogens is 2. The molecule has 0 aliphatic rings. The smallest absolute Gasteiger partial charge is 0.138 e. The van der Waals surface area contributed by atoms with Gasteiger partial charge in [-0.15, -0.1) is 0 Å². The molecule has 0 N–H and O–H groups in total. The van der Waals surface area contributed by atoms with E-state index in [9.17, 15) is 0 Å². The average Bonchev–Trinajstić information content (AvgIpc) is 2.35. The minimum absolute atomic E-state index is 0.572. The van der Waals surface area contributed by atoms with Crippen LogP contribution in [0, 0.1) is 0 Å². The van der Waals surface area contributed by atoms with Crippen molar-refractivity contribution in [2.24, 2.45) is 7.05 Å². The molecule has 0 aromatic carbocycles. The highest BCUT2D eigenvalue weighted by Gasteiger charge is 2.00. The average molecular weight is 167 g/mol. The first-order chi connectivity index (χ1) is 5.29. The maximum Gasteiger partial charge on any atom is 0.138 e. The third kappa shape index (κ3) is 0.906. The summed E-state index contributed by atoms with van der Waals surface area (Å²) in [4.78, 5) is 3.97. The fourth-order valence-corrected chi connectivity index (χ4v) is 1.38. The number of rotatable bonds is 0. The van der Waals surface area contributed by atoms with Gasteiger partial charge in [0.15, 0.2) is 0 Å². The topological polar surface area (TPSA) is 17.8 Å². The molecule has 2 aromatic rings. The first-order valence-electron chi connectivity index (χ1n) is 3.34. The molecule has 0 radical (unpaired) electrons. The fourth-order valence-electron chi connectivity index (χ4n) is 1.17. The highest BCUT2D eigenvalue weighted by Crippen LogP contribution is 2.20. The summed E-state index contributed by atoms with van der Waals surface area (Å²) in [7, 11) is 1.98. The second-order valence-electron chi connectivity index (χ2n) is 2.46. The van der Waals surface area contributed by atoms with Crippen molar-refractivity contribution in [3.8, 4) is 0 Å². The van der Waals surface area contributed by atoms with Crippen molar-refractivity contribution in [1.29, 1.82) is 0 Å². The van der Waals surface area contributed by atoms with Crippen LogP contribution in [0.2, 0.25) is 5.15 Å². The van der Waals surface area contributed by atoms with Crippen LogP contribution in [-0.2, 0) is 7.05 Å². The van der Waals surface area contributed by atoms with Gasteiger partial charge in [-0.1, -0.05) is 11.6 Å². The SMILES string of the molecule is Cn1ccc2c(Cl)nccc21. The Hall–Kier alpha value is -1.02. The monoisotopic (exact) mass is 166 g/mol. The molecule has 2 aromatic heterocycles. The van der Waals surface area contributed by atoms with E-state index in [4.69, 9.17) is 11.6 Å². The summed E-state index contributed by atoms with van der Waals surface area (Å²) in [5, 5.41) is 1.58. The van der Waals surface area contributed by atoms with Crippen LogP contribution in [0.25, 0.3) is 10.9 Å². The lowest BCUT2D eigenvalue weighted by molar-refractivity contribution is 0.968. The maximum absolute atomic E-state index is 5.85. The molecule has 0 unspecified atom stereocenters. The van der Waals surface area contributed by atoms with Crippen LogP contribution in [0.1, 0.15) is 0 Å². The Morgan fingerprint density at radius 2 is 2.27 bits per heavy atom. The van der Waals surface area contributed by atoms with Crippen molar-refractivity contribution < 1.29 is 0 Å². The number of pyridine rings is 1. The number of nitrogens with zero attached hydrogens (tertiary/aromatic N) is 2. The van der Waals surface area contributed by atoms with E-state index in [1.54, 1.807) is 6.20 Å². The van der Waals surface area contributed by atoms with Crippen molar-refractivity contribution in [2.45, 2.75) is 0 Å². The van der Waals surface area contributed by atoms with Gasteiger partial charge in [-0.25, -0.2) is 4.98 Å². The zero-order valence-electron chi connectivity index (χ0n) is 6.08. The van der Waals surface area contributed by atoms with E-state index in [-0.39, 0.29) is 0 Å². The van der Waals surface area contributed by atoms with Gasteiger partial charge in [-0.2, -0.15) is 0 Å². The van der Waals surface area contributed by atoms with Crippen molar-refractivity contribution >= 4 is 22.5 Å². The Morgan fingerprint density at radius 1 is 1.45 bits per heavy atom. The van der Waals surface area contributed by atoms with Gasteiger partial charge in [-0.05, 0) is 12.1 Å². The summed E-state index contributed by atoms with van der Waals surface area (Å²) in [6.07, 6.45) is 3.68. The third-order valence-electron chi connectivity index (χ3n) is 1.76. The minimum Gasteiger partial charge on any atom is -0.350 e. The molecular weight excluding hydrogens is 160 g/mol. The minimum atomic E-state index is 0.572. The maximum atomic E-state index is 5.85. The van der Waals surface area contributed by atoms with E-state index in [0.29, 0.717) is 5.15 Å². The predicted molar refractivity (Wildman–Crippen MR) is 45.7 cm³/mol. The lowest BCUT2D eigenvalue weighted by atomic mass is 10.3. The van der Waals surface area contributed by atoms with E-state index in [1.807, 2.05) is 29.9 Å². The summed E-state index contributed by atoms with van der Waals surface area (Å²) >= 11 is 5.85. The van der Waals surface area contributed by atoms with Gasteiger partial charge >= 0.3 is 0 Å². The van der Waals surface area contributed by atoms with Crippen LogP contribution in [0.5, 0.6) is 0 Å². The standard InChI is InChI=1S/C8H7ClN2/c1-11-5-3-6-7(11)2-4-10-8(6)9/h2-5H,1H3. The second kappa shape index (κ2) is 2.24. The summed E-state index contributed by atoms with van der Waals surface area (Å²) in [5.41, 5.74) is 1.12. The molecule has 2 nitrogen and oxygen atoms in total. The van der Waals surface area contributed by atoms with Crippen molar-refractivity contribution in [2.75, 3.05) is 0 Å². The summed E-state index contributed by atoms with van der Waals surface area (Å²) in [6.45, 7) is 0. The fraction of sp³-hybridized carbons (Fsp3) is 0.125. The molecule has 2 rings (SSSR count). The van der Waals surface area contributed by atoms with Crippen molar-refractivity contribution in [1.82, 2.24) is 9.55 Å². The lowest BCUT2D eigenvalue weighted by Gasteiger charge is -1.94. The zero-order valence-corrected chi connectivity index (χ0v) is 6.84. The predicted octanol–water partition coefficient (Wildman–Crippen LogP) is 2.23. The molecule has 0 saturated heterocycles. The number of hydrogen-bond donors (Lipinski definition) is 0. The molecule has 0 fully saturated rings. The van der Waals surface area contributed by atoms with Crippen LogP contribution in [0.15, 0.2) is 24.5 Å². The summed E-state index contributed by atoms with van der Waals surface area (Å²) in [5.74, 6) is 0. The lowest BCUT2D eigenvalue weighted by Crippen LogP contribution is -1.83. The summed E-state index contributed by atoms with van der Waals surface area (Å²) in [6, 6.07) is 3.91.